The van der Waals surface area contributed by atoms with Crippen LogP contribution in [-0.2, 0) is 6.54 Å². The zero-order valence-corrected chi connectivity index (χ0v) is 18.8. The number of aryl methyl sites for hydroxylation is 2. The molecule has 0 atom stereocenters. The van der Waals surface area contributed by atoms with Gasteiger partial charge in [-0.15, -0.1) is 0 Å². The number of fused-ring (bicyclic) bond motifs is 1. The smallest absolute Gasteiger partial charge is 0.290 e. The van der Waals surface area contributed by atoms with Crippen molar-refractivity contribution in [1.29, 1.82) is 0 Å². The Bertz CT molecular complexity index is 1400. The van der Waals surface area contributed by atoms with Gasteiger partial charge in [0, 0.05) is 29.0 Å². The summed E-state index contributed by atoms with van der Waals surface area (Å²) in [6, 6.07) is 18.3. The molecule has 2 heterocycles. The van der Waals surface area contributed by atoms with Gasteiger partial charge in [-0.3, -0.25) is 25.2 Å². The molecule has 0 aliphatic carbocycles. The van der Waals surface area contributed by atoms with E-state index in [1.807, 2.05) is 55.7 Å². The van der Waals surface area contributed by atoms with Crippen molar-refractivity contribution >= 4 is 22.6 Å². The van der Waals surface area contributed by atoms with Gasteiger partial charge in [-0.25, -0.2) is 4.68 Å². The Balaban J connectivity index is 1.59. The van der Waals surface area contributed by atoms with Gasteiger partial charge in [0.2, 0.25) is 0 Å². The minimum atomic E-state index is -0.596. The summed E-state index contributed by atoms with van der Waals surface area (Å²) in [5.74, 6) is -1.04. The van der Waals surface area contributed by atoms with E-state index >= 15 is 0 Å². The molecule has 8 heteroatoms. The third kappa shape index (κ3) is 4.15. The minimum absolute atomic E-state index is 0.0775. The van der Waals surface area contributed by atoms with Gasteiger partial charge < -0.3 is 4.57 Å². The summed E-state index contributed by atoms with van der Waals surface area (Å²) in [6.45, 7) is 6.09. The maximum Gasteiger partial charge on any atom is 0.290 e. The number of amides is 2. The Morgan fingerprint density at radius 2 is 1.55 bits per heavy atom. The number of carbonyl (C=O) groups excluding carboxylic acids is 2. The molecule has 168 valence electrons. The lowest BCUT2D eigenvalue weighted by Crippen LogP contribution is -2.43. The van der Waals surface area contributed by atoms with E-state index in [0.717, 1.165) is 17.1 Å². The monoisotopic (exact) mass is 443 g/mol. The van der Waals surface area contributed by atoms with Crippen LogP contribution in [0.25, 0.3) is 16.5 Å². The van der Waals surface area contributed by atoms with E-state index in [1.165, 1.54) is 4.68 Å². The molecule has 33 heavy (non-hydrogen) atoms. The zero-order valence-electron chi connectivity index (χ0n) is 18.8. The van der Waals surface area contributed by atoms with Crippen LogP contribution in [0.2, 0.25) is 0 Å². The van der Waals surface area contributed by atoms with Crippen molar-refractivity contribution in [1.82, 2.24) is 25.2 Å². The highest BCUT2D eigenvalue weighted by molar-refractivity contribution is 6.06. The Labute approximate surface area is 190 Å². The topological polar surface area (TPSA) is 98.0 Å². The third-order valence-electron chi connectivity index (χ3n) is 5.50. The minimum Gasteiger partial charge on any atom is -0.318 e. The first-order valence-electron chi connectivity index (χ1n) is 10.8. The number of carbonyl (C=O) groups is 2. The average Bonchev–Trinajstić information content (AvgIpc) is 3.13. The first-order valence-corrected chi connectivity index (χ1v) is 10.8. The Morgan fingerprint density at radius 3 is 2.24 bits per heavy atom. The molecule has 0 saturated carbocycles. The first-order chi connectivity index (χ1) is 15.9. The number of aromatic nitrogens is 3. The van der Waals surface area contributed by atoms with Crippen LogP contribution in [0.5, 0.6) is 0 Å². The number of para-hydroxylation sites is 1. The van der Waals surface area contributed by atoms with Crippen molar-refractivity contribution in [3.8, 4) is 5.69 Å². The summed E-state index contributed by atoms with van der Waals surface area (Å²) in [6.07, 6.45) is 0.695. The van der Waals surface area contributed by atoms with Crippen molar-refractivity contribution in [3.05, 3.63) is 93.7 Å². The van der Waals surface area contributed by atoms with Crippen LogP contribution in [0, 0.1) is 13.8 Å². The number of hydrogen-bond donors (Lipinski definition) is 2. The molecule has 0 spiro atoms. The predicted molar refractivity (Wildman–Crippen MR) is 126 cm³/mol. The quantitative estimate of drug-likeness (QED) is 0.463. The standard InChI is InChI=1S/C25H25N5O3/c1-4-14-29-25(33)20-13-9-8-12-19(20)22(28-29)24(32)27-26-23(31)21-15-16(2)30(17(21)3)18-10-6-5-7-11-18/h5-13,15H,4,14H2,1-3H3,(H,26,31)(H,27,32). The van der Waals surface area contributed by atoms with Gasteiger partial charge in [-0.1, -0.05) is 43.3 Å². The van der Waals surface area contributed by atoms with Crippen LogP contribution in [0.1, 0.15) is 45.6 Å². The highest BCUT2D eigenvalue weighted by Gasteiger charge is 2.20. The third-order valence-corrected chi connectivity index (χ3v) is 5.50. The summed E-state index contributed by atoms with van der Waals surface area (Å²) >= 11 is 0. The van der Waals surface area contributed by atoms with Crippen molar-refractivity contribution in [3.63, 3.8) is 0 Å². The molecule has 4 aromatic rings. The van der Waals surface area contributed by atoms with Gasteiger partial charge in [-0.2, -0.15) is 5.10 Å². The second-order valence-electron chi connectivity index (χ2n) is 7.79. The van der Waals surface area contributed by atoms with E-state index < -0.39 is 11.8 Å². The highest BCUT2D eigenvalue weighted by Crippen LogP contribution is 2.20. The van der Waals surface area contributed by atoms with E-state index in [-0.39, 0.29) is 11.3 Å². The van der Waals surface area contributed by atoms with Crippen LogP contribution in [0.4, 0.5) is 0 Å². The summed E-state index contributed by atoms with van der Waals surface area (Å²) in [5, 5.41) is 5.09. The van der Waals surface area contributed by atoms with Gasteiger partial charge in [-0.05, 0) is 44.5 Å². The molecular weight excluding hydrogens is 418 g/mol. The fourth-order valence-corrected chi connectivity index (χ4v) is 3.97. The van der Waals surface area contributed by atoms with E-state index in [4.69, 9.17) is 0 Å². The summed E-state index contributed by atoms with van der Waals surface area (Å²) in [5.41, 5.74) is 7.81. The molecule has 2 aromatic heterocycles. The van der Waals surface area contributed by atoms with Crippen LogP contribution in [0.15, 0.2) is 65.5 Å². The van der Waals surface area contributed by atoms with Crippen LogP contribution >= 0.6 is 0 Å². The van der Waals surface area contributed by atoms with Gasteiger partial charge in [0.15, 0.2) is 5.69 Å². The summed E-state index contributed by atoms with van der Waals surface area (Å²) < 4.78 is 3.26. The average molecular weight is 444 g/mol. The molecule has 0 aliphatic rings. The Hall–Kier alpha value is -4.20. The summed E-state index contributed by atoms with van der Waals surface area (Å²) in [4.78, 5) is 38.4. The van der Waals surface area contributed by atoms with Crippen LogP contribution in [-0.4, -0.2) is 26.2 Å². The lowest BCUT2D eigenvalue weighted by Gasteiger charge is -2.12. The summed E-state index contributed by atoms with van der Waals surface area (Å²) in [7, 11) is 0. The number of rotatable bonds is 5. The normalized spacial score (nSPS) is 10.9. The maximum atomic E-state index is 12.9. The SMILES string of the molecule is CCCn1nc(C(=O)NNC(=O)c2cc(C)n(-c3ccccc3)c2C)c2ccccc2c1=O. The molecule has 0 saturated heterocycles. The molecule has 0 radical (unpaired) electrons. The Morgan fingerprint density at radius 1 is 0.909 bits per heavy atom. The Kier molecular flexibility index (Phi) is 6.08. The van der Waals surface area contributed by atoms with E-state index in [9.17, 15) is 14.4 Å². The first kappa shape index (κ1) is 22.0. The molecule has 2 aromatic carbocycles. The second kappa shape index (κ2) is 9.12. The number of nitrogens with zero attached hydrogens (tertiary/aromatic N) is 3. The molecule has 0 bridgehead atoms. The van der Waals surface area contributed by atoms with Crippen LogP contribution in [0.3, 0.4) is 0 Å². The molecule has 0 aliphatic heterocycles. The van der Waals surface area contributed by atoms with E-state index in [1.54, 1.807) is 30.3 Å². The lowest BCUT2D eigenvalue weighted by atomic mass is 10.1. The zero-order chi connectivity index (χ0) is 23.5. The highest BCUT2D eigenvalue weighted by atomic mass is 16.2. The van der Waals surface area contributed by atoms with Crippen LogP contribution < -0.4 is 16.4 Å². The van der Waals surface area contributed by atoms with E-state index in [0.29, 0.717) is 29.3 Å². The van der Waals surface area contributed by atoms with Gasteiger partial charge in [0.05, 0.1) is 10.9 Å². The van der Waals surface area contributed by atoms with Gasteiger partial charge in [0.25, 0.3) is 17.4 Å². The fourth-order valence-electron chi connectivity index (χ4n) is 3.97. The molecule has 4 rings (SSSR count). The molecule has 0 unspecified atom stereocenters. The second-order valence-corrected chi connectivity index (χ2v) is 7.79. The van der Waals surface area contributed by atoms with Crippen molar-refractivity contribution < 1.29 is 9.59 Å². The number of benzene rings is 2. The molecule has 0 fully saturated rings. The molecule has 2 N–H and O–H groups in total. The number of nitrogens with one attached hydrogen (secondary N) is 2. The van der Waals surface area contributed by atoms with Crippen molar-refractivity contribution in [2.24, 2.45) is 0 Å². The lowest BCUT2D eigenvalue weighted by molar-refractivity contribution is 0.0843. The molecular formula is C25H25N5O3. The van der Waals surface area contributed by atoms with Gasteiger partial charge in [0.1, 0.15) is 0 Å². The van der Waals surface area contributed by atoms with Crippen molar-refractivity contribution in [2.75, 3.05) is 0 Å². The van der Waals surface area contributed by atoms with Gasteiger partial charge >= 0.3 is 0 Å². The maximum absolute atomic E-state index is 12.9. The number of hydrazine groups is 1. The number of hydrogen-bond acceptors (Lipinski definition) is 4. The molecule has 8 nitrogen and oxygen atoms in total. The predicted octanol–water partition coefficient (Wildman–Crippen LogP) is 3.29. The van der Waals surface area contributed by atoms with E-state index in [2.05, 4.69) is 16.0 Å². The van der Waals surface area contributed by atoms with Crippen molar-refractivity contribution in [2.45, 2.75) is 33.7 Å². The molecule has 2 amide bonds. The largest absolute Gasteiger partial charge is 0.318 e. The fraction of sp³-hybridized carbons (Fsp3) is 0.200.